The van der Waals surface area contributed by atoms with Crippen LogP contribution in [-0.2, 0) is 14.3 Å². The van der Waals surface area contributed by atoms with Crippen LogP contribution in [0.15, 0.2) is 72.3 Å². The number of esters is 1. The number of anilines is 1. The zero-order chi connectivity index (χ0) is 27.7. The summed E-state index contributed by atoms with van der Waals surface area (Å²) in [6.07, 6.45) is 0. The summed E-state index contributed by atoms with van der Waals surface area (Å²) in [5.74, 6) is -1.41. The highest BCUT2D eigenvalue weighted by atomic mass is 32.1. The first kappa shape index (κ1) is 25.9. The number of amides is 1. The summed E-state index contributed by atoms with van der Waals surface area (Å²) in [5.41, 5.74) is 1.65. The Hall–Kier alpha value is -4.70. The van der Waals surface area contributed by atoms with E-state index in [0.29, 0.717) is 40.3 Å². The van der Waals surface area contributed by atoms with E-state index in [-0.39, 0.29) is 16.5 Å². The molecular weight excluding hydrogens is 520 g/mol. The highest BCUT2D eigenvalue weighted by molar-refractivity contribution is 7.22. The van der Waals surface area contributed by atoms with Crippen LogP contribution in [0.25, 0.3) is 16.0 Å². The lowest BCUT2D eigenvalue weighted by atomic mass is 9.94. The number of carbonyl (C=O) groups excluding carboxylic acids is 3. The molecule has 198 valence electrons. The fourth-order valence-corrected chi connectivity index (χ4v) is 5.46. The van der Waals surface area contributed by atoms with Crippen LogP contribution in [0.2, 0.25) is 0 Å². The van der Waals surface area contributed by atoms with Crippen LogP contribution in [0.1, 0.15) is 34.5 Å². The lowest BCUT2D eigenvalue weighted by Gasteiger charge is -2.23. The van der Waals surface area contributed by atoms with Gasteiger partial charge in [0.2, 0.25) is 0 Å². The molecule has 1 fully saturated rings. The molecular formula is C29H24N2O7S. The van der Waals surface area contributed by atoms with Crippen LogP contribution in [0.3, 0.4) is 0 Å². The largest absolute Gasteiger partial charge is 0.507 e. The van der Waals surface area contributed by atoms with Gasteiger partial charge < -0.3 is 19.3 Å². The fraction of sp³-hybridized carbons (Fsp3) is 0.172. The van der Waals surface area contributed by atoms with Crippen molar-refractivity contribution in [2.24, 2.45) is 0 Å². The Morgan fingerprint density at radius 3 is 2.46 bits per heavy atom. The van der Waals surface area contributed by atoms with E-state index in [0.717, 1.165) is 4.70 Å². The summed E-state index contributed by atoms with van der Waals surface area (Å²) < 4.78 is 16.4. The second kappa shape index (κ2) is 10.6. The number of hydrogen-bond donors (Lipinski definition) is 1. The molecule has 1 amide bonds. The van der Waals surface area contributed by atoms with Crippen LogP contribution in [0.5, 0.6) is 11.5 Å². The smallest absolute Gasteiger partial charge is 0.337 e. The van der Waals surface area contributed by atoms with Crippen molar-refractivity contribution in [3.8, 4) is 11.5 Å². The van der Waals surface area contributed by atoms with E-state index < -0.39 is 23.7 Å². The lowest BCUT2D eigenvalue weighted by Crippen LogP contribution is -2.29. The van der Waals surface area contributed by atoms with E-state index >= 15 is 0 Å². The zero-order valence-electron chi connectivity index (χ0n) is 21.3. The molecule has 1 aromatic heterocycles. The molecule has 0 radical (unpaired) electrons. The molecule has 0 saturated carbocycles. The monoisotopic (exact) mass is 544 g/mol. The molecule has 0 aliphatic carbocycles. The number of aliphatic hydroxyl groups is 1. The predicted octanol–water partition coefficient (Wildman–Crippen LogP) is 5.12. The predicted molar refractivity (Wildman–Crippen MR) is 146 cm³/mol. The van der Waals surface area contributed by atoms with Gasteiger partial charge in [-0.3, -0.25) is 14.5 Å². The summed E-state index contributed by atoms with van der Waals surface area (Å²) in [6.45, 7) is 2.26. The second-order valence-electron chi connectivity index (χ2n) is 8.57. The maximum absolute atomic E-state index is 13.5. The zero-order valence-corrected chi connectivity index (χ0v) is 22.2. The number of aromatic nitrogens is 1. The molecule has 3 aromatic carbocycles. The molecule has 5 rings (SSSR count). The van der Waals surface area contributed by atoms with Crippen molar-refractivity contribution in [2.75, 3.05) is 25.7 Å². The second-order valence-corrected chi connectivity index (χ2v) is 9.58. The van der Waals surface area contributed by atoms with Crippen LogP contribution >= 0.6 is 11.3 Å². The van der Waals surface area contributed by atoms with Gasteiger partial charge >= 0.3 is 11.9 Å². The molecule has 10 heteroatoms. The average molecular weight is 545 g/mol. The Bertz CT molecular complexity index is 1620. The van der Waals surface area contributed by atoms with Crippen molar-refractivity contribution < 1.29 is 33.7 Å². The van der Waals surface area contributed by atoms with Gasteiger partial charge in [-0.15, -0.1) is 0 Å². The molecule has 1 aliphatic heterocycles. The maximum Gasteiger partial charge on any atom is 0.337 e. The number of rotatable bonds is 7. The summed E-state index contributed by atoms with van der Waals surface area (Å²) in [4.78, 5) is 44.9. The highest BCUT2D eigenvalue weighted by Crippen LogP contribution is 2.44. The third kappa shape index (κ3) is 4.70. The number of benzene rings is 3. The van der Waals surface area contributed by atoms with Gasteiger partial charge in [0.05, 0.1) is 48.2 Å². The molecule has 0 bridgehead atoms. The van der Waals surface area contributed by atoms with Crippen molar-refractivity contribution >= 4 is 50.1 Å². The molecule has 1 aliphatic rings. The Labute approximate surface area is 227 Å². The number of ketones is 1. The average Bonchev–Trinajstić information content (AvgIpc) is 3.50. The summed E-state index contributed by atoms with van der Waals surface area (Å²) in [6, 6.07) is 17.3. The van der Waals surface area contributed by atoms with Gasteiger partial charge in [0.1, 0.15) is 17.3 Å². The Balaban J connectivity index is 1.69. The first-order valence-corrected chi connectivity index (χ1v) is 12.8. The van der Waals surface area contributed by atoms with Crippen molar-refractivity contribution in [1.82, 2.24) is 4.98 Å². The first-order valence-electron chi connectivity index (χ1n) is 12.0. The van der Waals surface area contributed by atoms with Crippen molar-refractivity contribution in [3.63, 3.8) is 0 Å². The molecule has 9 nitrogen and oxygen atoms in total. The molecule has 2 heterocycles. The molecule has 1 unspecified atom stereocenters. The minimum atomic E-state index is -1.00. The van der Waals surface area contributed by atoms with E-state index in [1.807, 2.05) is 6.92 Å². The molecule has 4 aromatic rings. The number of Topliss-reactive ketones (excluding diaryl/α,β-unsaturated/α-hetero) is 1. The van der Waals surface area contributed by atoms with Crippen LogP contribution in [-0.4, -0.2) is 48.6 Å². The van der Waals surface area contributed by atoms with Crippen molar-refractivity contribution in [1.29, 1.82) is 0 Å². The van der Waals surface area contributed by atoms with E-state index in [9.17, 15) is 19.5 Å². The number of thiazole rings is 1. The van der Waals surface area contributed by atoms with Gasteiger partial charge in [-0.1, -0.05) is 35.6 Å². The number of nitrogens with zero attached hydrogens (tertiary/aromatic N) is 2. The SMILES string of the molecule is CCOc1cccc(C(O)=C2C(=O)C(=O)N(c3nc4ccc(OC)cc4s3)C2c2ccc(C(=O)OC)cc2)c1. The van der Waals surface area contributed by atoms with Crippen LogP contribution in [0, 0.1) is 0 Å². The summed E-state index contributed by atoms with van der Waals surface area (Å²) >= 11 is 1.22. The Kier molecular flexibility index (Phi) is 7.03. The number of fused-ring (bicyclic) bond motifs is 1. The third-order valence-corrected chi connectivity index (χ3v) is 7.32. The third-order valence-electron chi connectivity index (χ3n) is 6.30. The topological polar surface area (TPSA) is 115 Å². The number of hydrogen-bond acceptors (Lipinski definition) is 9. The number of aliphatic hydroxyl groups excluding tert-OH is 1. The minimum Gasteiger partial charge on any atom is -0.507 e. The quantitative estimate of drug-likeness (QED) is 0.148. The number of ether oxygens (including phenoxy) is 3. The van der Waals surface area contributed by atoms with E-state index in [2.05, 4.69) is 4.98 Å². The highest BCUT2D eigenvalue weighted by Gasteiger charge is 2.48. The minimum absolute atomic E-state index is 0.101. The molecule has 0 spiro atoms. The van der Waals surface area contributed by atoms with Crippen molar-refractivity contribution in [3.05, 3.63) is 89.0 Å². The summed E-state index contributed by atoms with van der Waals surface area (Å²) in [5, 5.41) is 11.7. The normalized spacial score (nSPS) is 16.5. The fourth-order valence-electron chi connectivity index (χ4n) is 4.44. The number of carbonyl (C=O) groups is 3. The Morgan fingerprint density at radius 2 is 1.77 bits per heavy atom. The molecule has 1 atom stereocenters. The van der Waals surface area contributed by atoms with Gasteiger partial charge in [-0.2, -0.15) is 0 Å². The molecule has 1 saturated heterocycles. The lowest BCUT2D eigenvalue weighted by molar-refractivity contribution is -0.132. The van der Waals surface area contributed by atoms with Gasteiger partial charge in [-0.05, 0) is 55.0 Å². The van der Waals surface area contributed by atoms with E-state index in [1.54, 1.807) is 73.8 Å². The molecule has 39 heavy (non-hydrogen) atoms. The Morgan fingerprint density at radius 1 is 1.00 bits per heavy atom. The standard InChI is InChI=1S/C29H24N2O7S/c1-4-38-20-7-5-6-18(14-20)25(32)23-24(16-8-10-17(11-9-16)28(35)37-3)31(27(34)26(23)33)29-30-21-13-12-19(36-2)15-22(21)39-29/h5-15,24,32H,4H2,1-3H3. The van der Waals surface area contributed by atoms with E-state index in [1.165, 1.54) is 23.3 Å². The van der Waals surface area contributed by atoms with Crippen molar-refractivity contribution in [2.45, 2.75) is 13.0 Å². The van der Waals surface area contributed by atoms with Gasteiger partial charge in [-0.25, -0.2) is 9.78 Å². The van der Waals surface area contributed by atoms with Crippen LogP contribution < -0.4 is 14.4 Å². The molecule has 1 N–H and O–H groups in total. The van der Waals surface area contributed by atoms with Crippen LogP contribution in [0.4, 0.5) is 5.13 Å². The van der Waals surface area contributed by atoms with Gasteiger partial charge in [0.25, 0.3) is 5.78 Å². The maximum atomic E-state index is 13.5. The summed E-state index contributed by atoms with van der Waals surface area (Å²) in [7, 11) is 2.84. The number of methoxy groups -OCH3 is 2. The van der Waals surface area contributed by atoms with Gasteiger partial charge in [0, 0.05) is 5.56 Å². The van der Waals surface area contributed by atoms with Gasteiger partial charge in [0.15, 0.2) is 5.13 Å². The van der Waals surface area contributed by atoms with E-state index in [4.69, 9.17) is 14.2 Å². The first-order chi connectivity index (χ1) is 18.9.